The lowest BCUT2D eigenvalue weighted by Gasteiger charge is -2.23. The molecule has 0 unspecified atom stereocenters. The molecule has 3 rings (SSSR count). The predicted molar refractivity (Wildman–Crippen MR) is 83.0 cm³/mol. The summed E-state index contributed by atoms with van der Waals surface area (Å²) in [4.78, 5) is 0. The van der Waals surface area contributed by atoms with Crippen LogP contribution in [0.5, 0.6) is 0 Å². The topological polar surface area (TPSA) is 29.9 Å². The van der Waals surface area contributed by atoms with Crippen LogP contribution in [0.2, 0.25) is 0 Å². The average Bonchev–Trinajstić information content (AvgIpc) is 2.75. The van der Waals surface area contributed by atoms with Crippen molar-refractivity contribution in [2.24, 2.45) is 7.05 Å². The van der Waals surface area contributed by atoms with Gasteiger partial charge in [-0.3, -0.25) is 4.68 Å². The van der Waals surface area contributed by atoms with Crippen LogP contribution in [0, 0.1) is 13.8 Å². The molecule has 3 nitrogen and oxygen atoms in total. The van der Waals surface area contributed by atoms with Gasteiger partial charge in [-0.1, -0.05) is 23.8 Å². The lowest BCUT2D eigenvalue weighted by atomic mass is 9.91. The van der Waals surface area contributed by atoms with Crippen molar-refractivity contribution >= 4 is 0 Å². The van der Waals surface area contributed by atoms with Crippen LogP contribution >= 0.6 is 0 Å². The van der Waals surface area contributed by atoms with Crippen LogP contribution in [0.3, 0.4) is 0 Å². The summed E-state index contributed by atoms with van der Waals surface area (Å²) in [6, 6.07) is 8.63. The molecule has 20 heavy (non-hydrogen) atoms. The van der Waals surface area contributed by atoms with Gasteiger partial charge in [0.15, 0.2) is 0 Å². The quantitative estimate of drug-likeness (QED) is 0.907. The number of aryl methyl sites for hydroxylation is 2. The molecule has 1 aromatic carbocycles. The Bertz CT molecular complexity index is 607. The number of benzene rings is 1. The molecule has 0 radical (unpaired) electrons. The first-order valence-corrected chi connectivity index (χ1v) is 7.48. The third kappa shape index (κ3) is 2.38. The van der Waals surface area contributed by atoms with E-state index in [1.165, 1.54) is 35.2 Å². The van der Waals surface area contributed by atoms with E-state index in [9.17, 15) is 0 Å². The molecular weight excluding hydrogens is 246 g/mol. The smallest absolute Gasteiger partial charge is 0.0955 e. The molecule has 0 atom stereocenters. The van der Waals surface area contributed by atoms with Crippen LogP contribution < -0.4 is 5.32 Å². The van der Waals surface area contributed by atoms with E-state index in [-0.39, 0.29) is 0 Å². The highest BCUT2D eigenvalue weighted by Crippen LogP contribution is 2.33. The van der Waals surface area contributed by atoms with Crippen molar-refractivity contribution < 1.29 is 0 Å². The number of nitrogens with zero attached hydrogens (tertiary/aromatic N) is 2. The third-order valence-electron chi connectivity index (χ3n) is 4.36. The fourth-order valence-electron chi connectivity index (χ4n) is 3.38. The second-order valence-corrected chi connectivity index (χ2v) is 5.88. The van der Waals surface area contributed by atoms with Crippen molar-refractivity contribution in [1.82, 2.24) is 15.1 Å². The monoisotopic (exact) mass is 269 g/mol. The summed E-state index contributed by atoms with van der Waals surface area (Å²) in [6.07, 6.45) is 2.43. The molecule has 106 valence electrons. The van der Waals surface area contributed by atoms with E-state index < -0.39 is 0 Å². The van der Waals surface area contributed by atoms with Crippen LogP contribution in [-0.2, 0) is 7.05 Å². The van der Waals surface area contributed by atoms with E-state index in [0.717, 1.165) is 18.8 Å². The Morgan fingerprint density at radius 1 is 1.20 bits per heavy atom. The van der Waals surface area contributed by atoms with Crippen molar-refractivity contribution in [3.05, 3.63) is 41.1 Å². The second-order valence-electron chi connectivity index (χ2n) is 5.88. The highest BCUT2D eigenvalue weighted by molar-refractivity contribution is 5.64. The molecule has 2 heterocycles. The van der Waals surface area contributed by atoms with Gasteiger partial charge in [0.05, 0.1) is 5.69 Å². The standard InChI is InChI=1S/C17H23N3/c1-12-5-4-6-15(11-12)16-13(2)17(20(3)19-16)14-7-9-18-10-8-14/h4-6,11,14,18H,7-10H2,1-3H3. The molecule has 0 amide bonds. The van der Waals surface area contributed by atoms with Crippen molar-refractivity contribution in [2.45, 2.75) is 32.6 Å². The predicted octanol–water partition coefficient (Wildman–Crippen LogP) is 3.17. The van der Waals surface area contributed by atoms with Gasteiger partial charge in [-0.25, -0.2) is 0 Å². The molecule has 1 N–H and O–H groups in total. The summed E-state index contributed by atoms with van der Waals surface area (Å²) in [6.45, 7) is 6.60. The highest BCUT2D eigenvalue weighted by atomic mass is 15.3. The molecule has 0 aliphatic carbocycles. The van der Waals surface area contributed by atoms with Gasteiger partial charge in [-0.15, -0.1) is 0 Å². The second kappa shape index (κ2) is 5.41. The normalized spacial score (nSPS) is 16.6. The molecule has 0 bridgehead atoms. The van der Waals surface area contributed by atoms with E-state index in [1.54, 1.807) is 0 Å². The minimum absolute atomic E-state index is 0.646. The number of hydrogen-bond acceptors (Lipinski definition) is 2. The molecule has 1 saturated heterocycles. The summed E-state index contributed by atoms with van der Waals surface area (Å²) < 4.78 is 2.10. The molecule has 2 aromatic rings. The van der Waals surface area contributed by atoms with Gasteiger partial charge < -0.3 is 5.32 Å². The maximum atomic E-state index is 4.79. The zero-order valence-corrected chi connectivity index (χ0v) is 12.6. The average molecular weight is 269 g/mol. The van der Waals surface area contributed by atoms with E-state index in [1.807, 2.05) is 0 Å². The van der Waals surface area contributed by atoms with Gasteiger partial charge in [0.25, 0.3) is 0 Å². The van der Waals surface area contributed by atoms with Crippen LogP contribution in [0.15, 0.2) is 24.3 Å². The fraction of sp³-hybridized carbons (Fsp3) is 0.471. The summed E-state index contributed by atoms with van der Waals surface area (Å²) >= 11 is 0. The van der Waals surface area contributed by atoms with E-state index >= 15 is 0 Å². The largest absolute Gasteiger partial charge is 0.317 e. The molecule has 0 spiro atoms. The third-order valence-corrected chi connectivity index (χ3v) is 4.36. The Morgan fingerprint density at radius 2 is 1.95 bits per heavy atom. The zero-order valence-electron chi connectivity index (χ0n) is 12.6. The first-order valence-electron chi connectivity index (χ1n) is 7.48. The Balaban J connectivity index is 2.02. The summed E-state index contributed by atoms with van der Waals surface area (Å²) in [5, 5.41) is 8.23. The molecule has 0 saturated carbocycles. The SMILES string of the molecule is Cc1cccc(-c2nn(C)c(C3CCNCC3)c2C)c1. The maximum absolute atomic E-state index is 4.79. The van der Waals surface area contributed by atoms with Crippen LogP contribution in [0.1, 0.15) is 35.6 Å². The van der Waals surface area contributed by atoms with Gasteiger partial charge in [0.1, 0.15) is 0 Å². The van der Waals surface area contributed by atoms with Crippen molar-refractivity contribution in [1.29, 1.82) is 0 Å². The molecule has 1 aliphatic heterocycles. The van der Waals surface area contributed by atoms with E-state index in [4.69, 9.17) is 5.10 Å². The lowest BCUT2D eigenvalue weighted by molar-refractivity contribution is 0.438. The minimum Gasteiger partial charge on any atom is -0.317 e. The Hall–Kier alpha value is -1.61. The molecular formula is C17H23N3. The Labute approximate surface area is 121 Å². The summed E-state index contributed by atoms with van der Waals surface area (Å²) in [7, 11) is 2.09. The van der Waals surface area contributed by atoms with E-state index in [2.05, 4.69) is 55.2 Å². The first-order chi connectivity index (χ1) is 9.66. The summed E-state index contributed by atoms with van der Waals surface area (Å²) in [5.74, 6) is 0.646. The van der Waals surface area contributed by atoms with E-state index in [0.29, 0.717) is 5.92 Å². The maximum Gasteiger partial charge on any atom is 0.0955 e. The van der Waals surface area contributed by atoms with Gasteiger partial charge in [-0.05, 0) is 51.4 Å². The fourth-order valence-corrected chi connectivity index (χ4v) is 3.38. The Kier molecular flexibility index (Phi) is 3.62. The van der Waals surface area contributed by atoms with Gasteiger partial charge in [0.2, 0.25) is 0 Å². The Morgan fingerprint density at radius 3 is 2.65 bits per heavy atom. The minimum atomic E-state index is 0.646. The molecule has 1 fully saturated rings. The number of nitrogens with one attached hydrogen (secondary N) is 1. The van der Waals surface area contributed by atoms with Gasteiger partial charge in [-0.2, -0.15) is 5.10 Å². The van der Waals surface area contributed by atoms with Crippen molar-refractivity contribution in [3.63, 3.8) is 0 Å². The molecule has 1 aliphatic rings. The van der Waals surface area contributed by atoms with Crippen molar-refractivity contribution in [2.75, 3.05) is 13.1 Å². The van der Waals surface area contributed by atoms with Gasteiger partial charge >= 0.3 is 0 Å². The van der Waals surface area contributed by atoms with Crippen LogP contribution in [-0.4, -0.2) is 22.9 Å². The first kappa shape index (κ1) is 13.4. The number of aromatic nitrogens is 2. The molecule has 1 aromatic heterocycles. The lowest BCUT2D eigenvalue weighted by Crippen LogP contribution is -2.27. The van der Waals surface area contributed by atoms with Gasteiger partial charge in [0, 0.05) is 24.2 Å². The number of rotatable bonds is 2. The van der Waals surface area contributed by atoms with Crippen LogP contribution in [0.25, 0.3) is 11.3 Å². The van der Waals surface area contributed by atoms with Crippen LogP contribution in [0.4, 0.5) is 0 Å². The van der Waals surface area contributed by atoms with Crippen molar-refractivity contribution in [3.8, 4) is 11.3 Å². The zero-order chi connectivity index (χ0) is 14.1. The number of hydrogen-bond donors (Lipinski definition) is 1. The molecule has 3 heteroatoms. The summed E-state index contributed by atoms with van der Waals surface area (Å²) in [5.41, 5.74) is 6.44. The number of piperidine rings is 1. The highest BCUT2D eigenvalue weighted by Gasteiger charge is 2.23.